The summed E-state index contributed by atoms with van der Waals surface area (Å²) < 4.78 is 12.8. The zero-order valence-corrected chi connectivity index (χ0v) is 7.69. The van der Waals surface area contributed by atoms with E-state index in [2.05, 4.69) is 5.32 Å². The van der Waals surface area contributed by atoms with E-state index in [4.69, 9.17) is 0 Å². The number of nitrogens with one attached hydrogen (secondary N) is 1. The molecule has 66 valence electrons. The SMILES string of the molecule is Cc1cc(F)cc(NC(C)C)c1. The molecular formula is C10H14FN. The highest BCUT2D eigenvalue weighted by Crippen LogP contribution is 2.13. The van der Waals surface area contributed by atoms with Gasteiger partial charge in [-0.3, -0.25) is 0 Å². The highest BCUT2D eigenvalue weighted by molar-refractivity contribution is 5.46. The zero-order chi connectivity index (χ0) is 9.14. The van der Waals surface area contributed by atoms with Crippen molar-refractivity contribution in [3.05, 3.63) is 29.6 Å². The van der Waals surface area contributed by atoms with Gasteiger partial charge in [0.15, 0.2) is 0 Å². The Kier molecular flexibility index (Phi) is 2.69. The Labute approximate surface area is 72.6 Å². The van der Waals surface area contributed by atoms with E-state index in [1.54, 1.807) is 0 Å². The molecule has 1 aromatic carbocycles. The molecule has 1 aromatic rings. The fourth-order valence-electron chi connectivity index (χ4n) is 1.15. The van der Waals surface area contributed by atoms with Crippen molar-refractivity contribution in [3.8, 4) is 0 Å². The van der Waals surface area contributed by atoms with Gasteiger partial charge >= 0.3 is 0 Å². The molecule has 0 radical (unpaired) electrons. The summed E-state index contributed by atoms with van der Waals surface area (Å²) in [5, 5.41) is 3.15. The largest absolute Gasteiger partial charge is 0.383 e. The first-order chi connectivity index (χ1) is 5.58. The van der Waals surface area contributed by atoms with Gasteiger partial charge in [-0.15, -0.1) is 0 Å². The summed E-state index contributed by atoms with van der Waals surface area (Å²) in [6, 6.07) is 5.30. The lowest BCUT2D eigenvalue weighted by Crippen LogP contribution is -2.09. The monoisotopic (exact) mass is 167 g/mol. The van der Waals surface area contributed by atoms with E-state index < -0.39 is 0 Å². The third-order valence-electron chi connectivity index (χ3n) is 1.50. The van der Waals surface area contributed by atoms with E-state index in [-0.39, 0.29) is 5.82 Å². The van der Waals surface area contributed by atoms with E-state index in [0.717, 1.165) is 11.3 Å². The lowest BCUT2D eigenvalue weighted by Gasteiger charge is -2.10. The maximum absolute atomic E-state index is 12.8. The van der Waals surface area contributed by atoms with Gasteiger partial charge in [0, 0.05) is 11.7 Å². The van der Waals surface area contributed by atoms with Crippen LogP contribution in [0.25, 0.3) is 0 Å². The summed E-state index contributed by atoms with van der Waals surface area (Å²) in [6.07, 6.45) is 0. The minimum Gasteiger partial charge on any atom is -0.383 e. The van der Waals surface area contributed by atoms with Gasteiger partial charge in [-0.2, -0.15) is 0 Å². The van der Waals surface area contributed by atoms with Crippen LogP contribution in [0.5, 0.6) is 0 Å². The minimum atomic E-state index is -0.182. The van der Waals surface area contributed by atoms with Crippen molar-refractivity contribution < 1.29 is 4.39 Å². The van der Waals surface area contributed by atoms with Crippen LogP contribution in [0.3, 0.4) is 0 Å². The maximum Gasteiger partial charge on any atom is 0.125 e. The van der Waals surface area contributed by atoms with E-state index in [1.807, 2.05) is 26.8 Å². The van der Waals surface area contributed by atoms with Crippen LogP contribution in [0, 0.1) is 12.7 Å². The van der Waals surface area contributed by atoms with Crippen LogP contribution in [0.4, 0.5) is 10.1 Å². The summed E-state index contributed by atoms with van der Waals surface area (Å²) in [5.41, 5.74) is 1.79. The first-order valence-corrected chi connectivity index (χ1v) is 4.11. The summed E-state index contributed by atoms with van der Waals surface area (Å²) in [5.74, 6) is -0.182. The Bertz CT molecular complexity index is 248. The van der Waals surface area contributed by atoms with E-state index >= 15 is 0 Å². The molecular weight excluding hydrogens is 153 g/mol. The topological polar surface area (TPSA) is 12.0 Å². The normalized spacial score (nSPS) is 10.4. The average Bonchev–Trinajstić information content (AvgIpc) is 1.81. The quantitative estimate of drug-likeness (QED) is 0.714. The number of aryl methyl sites for hydroxylation is 1. The summed E-state index contributed by atoms with van der Waals surface area (Å²) in [4.78, 5) is 0. The maximum atomic E-state index is 12.8. The first kappa shape index (κ1) is 9.04. The van der Waals surface area contributed by atoms with Gasteiger partial charge in [0.1, 0.15) is 5.82 Å². The molecule has 1 N–H and O–H groups in total. The number of benzene rings is 1. The van der Waals surface area contributed by atoms with Gasteiger partial charge in [-0.25, -0.2) is 4.39 Å². The second-order valence-corrected chi connectivity index (χ2v) is 3.32. The molecule has 0 heterocycles. The molecule has 1 rings (SSSR count). The molecule has 0 spiro atoms. The summed E-state index contributed by atoms with van der Waals surface area (Å²) in [6.45, 7) is 5.94. The molecule has 0 saturated heterocycles. The van der Waals surface area contributed by atoms with Crippen LogP contribution in [-0.2, 0) is 0 Å². The molecule has 12 heavy (non-hydrogen) atoms. The molecule has 0 aliphatic heterocycles. The van der Waals surface area contributed by atoms with Crippen LogP contribution < -0.4 is 5.32 Å². The fraction of sp³-hybridized carbons (Fsp3) is 0.400. The Hall–Kier alpha value is -1.05. The van der Waals surface area contributed by atoms with Crippen LogP contribution in [0.1, 0.15) is 19.4 Å². The molecule has 0 fully saturated rings. The second kappa shape index (κ2) is 3.57. The van der Waals surface area contributed by atoms with Crippen molar-refractivity contribution >= 4 is 5.69 Å². The molecule has 0 aliphatic rings. The van der Waals surface area contributed by atoms with Crippen molar-refractivity contribution in [2.75, 3.05) is 5.32 Å². The third-order valence-corrected chi connectivity index (χ3v) is 1.50. The van der Waals surface area contributed by atoms with Crippen LogP contribution in [-0.4, -0.2) is 6.04 Å². The van der Waals surface area contributed by atoms with Crippen molar-refractivity contribution in [2.24, 2.45) is 0 Å². The fourth-order valence-corrected chi connectivity index (χ4v) is 1.15. The van der Waals surface area contributed by atoms with Gasteiger partial charge in [-0.1, -0.05) is 0 Å². The van der Waals surface area contributed by atoms with Gasteiger partial charge < -0.3 is 5.32 Å². The Morgan fingerprint density at radius 3 is 2.42 bits per heavy atom. The van der Waals surface area contributed by atoms with Gasteiger partial charge in [0.2, 0.25) is 0 Å². The Balaban J connectivity index is 2.85. The minimum absolute atomic E-state index is 0.182. The molecule has 0 unspecified atom stereocenters. The third kappa shape index (κ3) is 2.53. The highest BCUT2D eigenvalue weighted by atomic mass is 19.1. The standard InChI is InChI=1S/C10H14FN/c1-7(2)12-10-5-8(3)4-9(11)6-10/h4-7,12H,1-3H3. The van der Waals surface area contributed by atoms with Gasteiger partial charge in [0.05, 0.1) is 0 Å². The number of hydrogen-bond donors (Lipinski definition) is 1. The lowest BCUT2D eigenvalue weighted by molar-refractivity contribution is 0.627. The van der Waals surface area contributed by atoms with Gasteiger partial charge in [0.25, 0.3) is 0 Å². The molecule has 0 saturated carbocycles. The molecule has 1 nitrogen and oxygen atoms in total. The highest BCUT2D eigenvalue weighted by Gasteiger charge is 1.98. The smallest absolute Gasteiger partial charge is 0.125 e. The average molecular weight is 167 g/mol. The van der Waals surface area contributed by atoms with Crippen molar-refractivity contribution in [3.63, 3.8) is 0 Å². The number of anilines is 1. The van der Waals surface area contributed by atoms with Gasteiger partial charge in [-0.05, 0) is 44.5 Å². The lowest BCUT2D eigenvalue weighted by atomic mass is 10.2. The Morgan fingerprint density at radius 1 is 1.25 bits per heavy atom. The van der Waals surface area contributed by atoms with E-state index in [1.165, 1.54) is 12.1 Å². The molecule has 0 atom stereocenters. The Morgan fingerprint density at radius 2 is 1.92 bits per heavy atom. The number of halogens is 1. The van der Waals surface area contributed by atoms with Crippen LogP contribution in [0.15, 0.2) is 18.2 Å². The van der Waals surface area contributed by atoms with Crippen molar-refractivity contribution in [1.29, 1.82) is 0 Å². The van der Waals surface area contributed by atoms with E-state index in [0.29, 0.717) is 6.04 Å². The first-order valence-electron chi connectivity index (χ1n) is 4.11. The molecule has 2 heteroatoms. The molecule has 0 bridgehead atoms. The van der Waals surface area contributed by atoms with Crippen LogP contribution >= 0.6 is 0 Å². The second-order valence-electron chi connectivity index (χ2n) is 3.32. The predicted octanol–water partition coefficient (Wildman–Crippen LogP) is 2.95. The number of rotatable bonds is 2. The predicted molar refractivity (Wildman–Crippen MR) is 49.9 cm³/mol. The summed E-state index contributed by atoms with van der Waals surface area (Å²) >= 11 is 0. The molecule has 0 aliphatic carbocycles. The van der Waals surface area contributed by atoms with Crippen LogP contribution in [0.2, 0.25) is 0 Å². The van der Waals surface area contributed by atoms with Crippen molar-refractivity contribution in [1.82, 2.24) is 0 Å². The zero-order valence-electron chi connectivity index (χ0n) is 7.69. The van der Waals surface area contributed by atoms with Crippen molar-refractivity contribution in [2.45, 2.75) is 26.8 Å². The molecule has 0 aromatic heterocycles. The number of hydrogen-bond acceptors (Lipinski definition) is 1. The van der Waals surface area contributed by atoms with E-state index in [9.17, 15) is 4.39 Å². The molecule has 0 amide bonds. The summed E-state index contributed by atoms with van der Waals surface area (Å²) in [7, 11) is 0.